The molecule has 0 heterocycles. The van der Waals surface area contributed by atoms with Gasteiger partial charge in [0.2, 0.25) is 0 Å². The Hall–Kier alpha value is -1.00. The van der Waals surface area contributed by atoms with Crippen molar-refractivity contribution in [2.75, 3.05) is 20.1 Å². The summed E-state index contributed by atoms with van der Waals surface area (Å²) in [6.45, 7) is 8.11. The molecule has 1 aromatic carbocycles. The van der Waals surface area contributed by atoms with Gasteiger partial charge < -0.3 is 10.2 Å². The first kappa shape index (κ1) is 17.1. The van der Waals surface area contributed by atoms with Gasteiger partial charge in [0.05, 0.1) is 0 Å². The van der Waals surface area contributed by atoms with Crippen LogP contribution in [-0.2, 0) is 0 Å². The number of nitrogens with one attached hydrogen (secondary N) is 1. The Labute approximate surface area is 128 Å². The molecule has 0 aliphatic heterocycles. The van der Waals surface area contributed by atoms with E-state index in [4.69, 9.17) is 0 Å². The summed E-state index contributed by atoms with van der Waals surface area (Å²) < 4.78 is 0. The molecule has 3 nitrogen and oxygen atoms in total. The summed E-state index contributed by atoms with van der Waals surface area (Å²) >= 11 is 4.28. The Kier molecular flexibility index (Phi) is 7.10. The maximum Gasteiger partial charge on any atom is 0.251 e. The van der Waals surface area contributed by atoms with Crippen LogP contribution >= 0.6 is 12.6 Å². The average Bonchev–Trinajstić information content (AvgIpc) is 2.40. The number of aryl methyl sites for hydroxylation is 1. The lowest BCUT2D eigenvalue weighted by Crippen LogP contribution is -2.29. The highest BCUT2D eigenvalue weighted by molar-refractivity contribution is 7.80. The second kappa shape index (κ2) is 8.32. The molecule has 112 valence electrons. The Bertz CT molecular complexity index is 446. The second-order valence-electron chi connectivity index (χ2n) is 5.54. The molecule has 0 bridgehead atoms. The van der Waals surface area contributed by atoms with Crippen molar-refractivity contribution in [2.24, 2.45) is 0 Å². The smallest absolute Gasteiger partial charge is 0.251 e. The zero-order chi connectivity index (χ0) is 15.1. The molecule has 0 saturated heterocycles. The third kappa shape index (κ3) is 5.55. The van der Waals surface area contributed by atoms with Crippen molar-refractivity contribution in [3.05, 3.63) is 29.3 Å². The fraction of sp³-hybridized carbons (Fsp3) is 0.562. The summed E-state index contributed by atoms with van der Waals surface area (Å²) in [7, 11) is 2.13. The number of unbranched alkanes of at least 4 members (excludes halogenated alkanes) is 1. The fourth-order valence-corrected chi connectivity index (χ4v) is 2.10. The SMILES string of the molecule is Cc1ccc(S)cc1C(=O)NCCCCN(C)C(C)C. The van der Waals surface area contributed by atoms with Crippen LogP contribution in [0.5, 0.6) is 0 Å². The van der Waals surface area contributed by atoms with Crippen LogP contribution in [0.1, 0.15) is 42.6 Å². The standard InChI is InChI=1S/C16H26N2OS/c1-12(2)18(4)10-6-5-9-17-16(19)15-11-14(20)8-7-13(15)3/h7-8,11-12,20H,5-6,9-10H2,1-4H3,(H,17,19). The highest BCUT2D eigenvalue weighted by Crippen LogP contribution is 2.13. The molecule has 1 amide bonds. The van der Waals surface area contributed by atoms with Gasteiger partial charge in [-0.3, -0.25) is 4.79 Å². The van der Waals surface area contributed by atoms with E-state index in [1.807, 2.05) is 25.1 Å². The lowest BCUT2D eigenvalue weighted by Gasteiger charge is -2.20. The molecule has 0 spiro atoms. The summed E-state index contributed by atoms with van der Waals surface area (Å²) in [6, 6.07) is 6.22. The zero-order valence-corrected chi connectivity index (χ0v) is 13.8. The van der Waals surface area contributed by atoms with Gasteiger partial charge in [0.15, 0.2) is 0 Å². The lowest BCUT2D eigenvalue weighted by molar-refractivity contribution is 0.0951. The maximum atomic E-state index is 12.1. The third-order valence-electron chi connectivity index (χ3n) is 3.57. The van der Waals surface area contributed by atoms with E-state index >= 15 is 0 Å². The number of carbonyl (C=O) groups excluding carboxylic acids is 1. The molecule has 0 aliphatic carbocycles. The topological polar surface area (TPSA) is 32.3 Å². The van der Waals surface area contributed by atoms with Crippen molar-refractivity contribution in [1.29, 1.82) is 0 Å². The molecule has 1 N–H and O–H groups in total. The first-order chi connectivity index (χ1) is 9.41. The van der Waals surface area contributed by atoms with Crippen molar-refractivity contribution >= 4 is 18.5 Å². The summed E-state index contributed by atoms with van der Waals surface area (Å²) in [4.78, 5) is 15.2. The molecule has 0 atom stereocenters. The summed E-state index contributed by atoms with van der Waals surface area (Å²) in [5, 5.41) is 2.98. The molecule has 4 heteroatoms. The zero-order valence-electron chi connectivity index (χ0n) is 12.9. The van der Waals surface area contributed by atoms with Gasteiger partial charge in [0, 0.05) is 23.0 Å². The predicted molar refractivity (Wildman–Crippen MR) is 87.8 cm³/mol. The summed E-state index contributed by atoms with van der Waals surface area (Å²) in [5.74, 6) is -0.00406. The first-order valence-electron chi connectivity index (χ1n) is 7.20. The molecule has 0 aliphatic rings. The third-order valence-corrected chi connectivity index (χ3v) is 3.85. The average molecular weight is 294 g/mol. The first-order valence-corrected chi connectivity index (χ1v) is 7.64. The van der Waals surface area contributed by atoms with Crippen LogP contribution in [-0.4, -0.2) is 37.0 Å². The Balaban J connectivity index is 2.32. The van der Waals surface area contributed by atoms with Crippen molar-refractivity contribution in [2.45, 2.75) is 44.6 Å². The van der Waals surface area contributed by atoms with Gasteiger partial charge >= 0.3 is 0 Å². The number of carbonyl (C=O) groups is 1. The van der Waals surface area contributed by atoms with Crippen molar-refractivity contribution in [1.82, 2.24) is 10.2 Å². The molecule has 1 aromatic rings. The summed E-state index contributed by atoms with van der Waals surface area (Å²) in [5.41, 5.74) is 1.71. The van der Waals surface area contributed by atoms with E-state index in [2.05, 4.69) is 43.7 Å². The van der Waals surface area contributed by atoms with E-state index in [0.29, 0.717) is 6.04 Å². The molecule has 0 aromatic heterocycles. The largest absolute Gasteiger partial charge is 0.352 e. The Morgan fingerprint density at radius 3 is 2.70 bits per heavy atom. The second-order valence-corrected chi connectivity index (χ2v) is 6.05. The van der Waals surface area contributed by atoms with Gasteiger partial charge in [0.1, 0.15) is 0 Å². The number of hydrogen-bond acceptors (Lipinski definition) is 3. The number of amides is 1. The van der Waals surface area contributed by atoms with Crippen LogP contribution in [0, 0.1) is 6.92 Å². The van der Waals surface area contributed by atoms with E-state index in [9.17, 15) is 4.79 Å². The van der Waals surface area contributed by atoms with E-state index in [1.54, 1.807) is 0 Å². The quantitative estimate of drug-likeness (QED) is 0.598. The van der Waals surface area contributed by atoms with Gasteiger partial charge in [-0.05, 0) is 64.9 Å². The summed E-state index contributed by atoms with van der Waals surface area (Å²) in [6.07, 6.45) is 2.10. The Morgan fingerprint density at radius 1 is 1.35 bits per heavy atom. The maximum absolute atomic E-state index is 12.1. The van der Waals surface area contributed by atoms with Crippen LogP contribution in [0.15, 0.2) is 23.1 Å². The minimum Gasteiger partial charge on any atom is -0.352 e. The number of hydrogen-bond donors (Lipinski definition) is 2. The van der Waals surface area contributed by atoms with Crippen molar-refractivity contribution < 1.29 is 4.79 Å². The normalized spacial score (nSPS) is 11.2. The van der Waals surface area contributed by atoms with Gasteiger partial charge in [-0.15, -0.1) is 12.6 Å². The molecular formula is C16H26N2OS. The van der Waals surface area contributed by atoms with Crippen LogP contribution in [0.4, 0.5) is 0 Å². The van der Waals surface area contributed by atoms with Gasteiger partial charge in [-0.25, -0.2) is 0 Å². The highest BCUT2D eigenvalue weighted by atomic mass is 32.1. The molecule has 20 heavy (non-hydrogen) atoms. The molecule has 1 rings (SSSR count). The van der Waals surface area contributed by atoms with Crippen LogP contribution < -0.4 is 5.32 Å². The minimum atomic E-state index is -0.00406. The molecular weight excluding hydrogens is 268 g/mol. The number of benzene rings is 1. The molecule has 0 radical (unpaired) electrons. The van der Waals surface area contributed by atoms with Crippen molar-refractivity contribution in [3.63, 3.8) is 0 Å². The number of rotatable bonds is 7. The minimum absolute atomic E-state index is 0.00406. The van der Waals surface area contributed by atoms with E-state index in [-0.39, 0.29) is 5.91 Å². The monoisotopic (exact) mass is 294 g/mol. The predicted octanol–water partition coefficient (Wildman–Crippen LogP) is 3.13. The Morgan fingerprint density at radius 2 is 2.05 bits per heavy atom. The number of nitrogens with zero attached hydrogens (tertiary/aromatic N) is 1. The van der Waals surface area contributed by atoms with Crippen LogP contribution in [0.2, 0.25) is 0 Å². The van der Waals surface area contributed by atoms with Gasteiger partial charge in [0.25, 0.3) is 5.91 Å². The molecule has 0 saturated carbocycles. The van der Waals surface area contributed by atoms with E-state index in [0.717, 1.165) is 42.0 Å². The van der Waals surface area contributed by atoms with Gasteiger partial charge in [-0.2, -0.15) is 0 Å². The lowest BCUT2D eigenvalue weighted by atomic mass is 10.1. The van der Waals surface area contributed by atoms with Crippen LogP contribution in [0.25, 0.3) is 0 Å². The molecule has 0 fully saturated rings. The van der Waals surface area contributed by atoms with Crippen LogP contribution in [0.3, 0.4) is 0 Å². The van der Waals surface area contributed by atoms with E-state index < -0.39 is 0 Å². The van der Waals surface area contributed by atoms with Crippen molar-refractivity contribution in [3.8, 4) is 0 Å². The van der Waals surface area contributed by atoms with Gasteiger partial charge in [-0.1, -0.05) is 6.07 Å². The highest BCUT2D eigenvalue weighted by Gasteiger charge is 2.08. The fourth-order valence-electron chi connectivity index (χ4n) is 1.90. The van der Waals surface area contributed by atoms with E-state index in [1.165, 1.54) is 0 Å². The number of thiol groups is 1. The molecule has 0 unspecified atom stereocenters.